The van der Waals surface area contributed by atoms with Gasteiger partial charge in [-0.2, -0.15) is 0 Å². The van der Waals surface area contributed by atoms with E-state index in [4.69, 9.17) is 0 Å². The average Bonchev–Trinajstić information content (AvgIpc) is 3.43. The van der Waals surface area contributed by atoms with Crippen LogP contribution in [0.5, 0.6) is 0 Å². The summed E-state index contributed by atoms with van der Waals surface area (Å²) in [5, 5.41) is 13.5. The molecular formula is C37H24S. The van der Waals surface area contributed by atoms with Crippen LogP contribution >= 0.6 is 11.3 Å². The Balaban J connectivity index is 1.56. The van der Waals surface area contributed by atoms with Crippen molar-refractivity contribution in [1.29, 1.82) is 0 Å². The van der Waals surface area contributed by atoms with Crippen molar-refractivity contribution in [3.63, 3.8) is 0 Å². The second kappa shape index (κ2) is 7.01. The predicted octanol–water partition coefficient (Wildman–Crippen LogP) is 11.0. The molecule has 0 N–H and O–H groups in total. The summed E-state index contributed by atoms with van der Waals surface area (Å²) in [6, 6.07) is 41.1. The van der Waals surface area contributed by atoms with Gasteiger partial charge in [0.05, 0.1) is 0 Å². The minimum atomic E-state index is 0.0114. The third-order valence-electron chi connectivity index (χ3n) is 9.03. The lowest BCUT2D eigenvalue weighted by Gasteiger charge is -2.21. The van der Waals surface area contributed by atoms with Crippen LogP contribution in [0.2, 0.25) is 0 Å². The van der Waals surface area contributed by atoms with E-state index < -0.39 is 0 Å². The Bertz CT molecular complexity index is 2310. The number of hydrogen-bond donors (Lipinski definition) is 0. The molecule has 0 saturated heterocycles. The Hall–Kier alpha value is -4.20. The fraction of sp³-hybridized carbons (Fsp3) is 0.0811. The van der Waals surface area contributed by atoms with Gasteiger partial charge in [-0.25, -0.2) is 0 Å². The zero-order valence-electron chi connectivity index (χ0n) is 21.3. The zero-order chi connectivity index (χ0) is 25.2. The molecule has 1 aliphatic carbocycles. The highest BCUT2D eigenvalue weighted by molar-refractivity contribution is 7.26. The topological polar surface area (TPSA) is 0 Å². The highest BCUT2D eigenvalue weighted by Gasteiger charge is 2.35. The van der Waals surface area contributed by atoms with Gasteiger partial charge in [0, 0.05) is 31.0 Å². The summed E-state index contributed by atoms with van der Waals surface area (Å²) in [4.78, 5) is 0. The standard InChI is InChI=1S/C37H24S/c1-37(2)30-14-8-7-13-25(30)28-19-29-33(20-31(28)37)38-32-18-17-27-24-12-6-5-11-23(24)26-16-15-21-9-3-4-10-22(21)34(26)36(27)35(29)32/h3-20H,1-2H3. The number of hydrogen-bond acceptors (Lipinski definition) is 1. The first-order valence-corrected chi connectivity index (χ1v) is 14.2. The van der Waals surface area contributed by atoms with Crippen molar-refractivity contribution in [2.24, 2.45) is 0 Å². The average molecular weight is 501 g/mol. The van der Waals surface area contributed by atoms with Crippen molar-refractivity contribution in [1.82, 2.24) is 0 Å². The van der Waals surface area contributed by atoms with Gasteiger partial charge in [0.1, 0.15) is 0 Å². The summed E-state index contributed by atoms with van der Waals surface area (Å²) in [5.74, 6) is 0. The Morgan fingerprint density at radius 2 is 1.13 bits per heavy atom. The molecule has 0 amide bonds. The predicted molar refractivity (Wildman–Crippen MR) is 167 cm³/mol. The number of fused-ring (bicyclic) bond motifs is 15. The number of benzene rings is 7. The first-order valence-electron chi connectivity index (χ1n) is 13.4. The second-order valence-electron chi connectivity index (χ2n) is 11.3. The molecule has 0 nitrogen and oxygen atoms in total. The van der Waals surface area contributed by atoms with E-state index in [0.717, 1.165) is 0 Å². The number of rotatable bonds is 0. The normalized spacial score (nSPS) is 14.3. The van der Waals surface area contributed by atoms with Crippen molar-refractivity contribution >= 4 is 74.6 Å². The highest BCUT2D eigenvalue weighted by atomic mass is 32.1. The SMILES string of the molecule is CC1(C)c2ccccc2-c2cc3c(cc21)sc1ccc2c4ccccc4c4ccc5ccccc5c4c2c13. The van der Waals surface area contributed by atoms with Gasteiger partial charge in [0.2, 0.25) is 0 Å². The summed E-state index contributed by atoms with van der Waals surface area (Å²) >= 11 is 1.94. The molecule has 38 heavy (non-hydrogen) atoms. The molecule has 0 bridgehead atoms. The van der Waals surface area contributed by atoms with Gasteiger partial charge in [-0.1, -0.05) is 105 Å². The van der Waals surface area contributed by atoms with Crippen LogP contribution in [0, 0.1) is 0 Å². The van der Waals surface area contributed by atoms with Crippen LogP contribution in [0.25, 0.3) is 74.4 Å². The lowest BCUT2D eigenvalue weighted by atomic mass is 9.82. The van der Waals surface area contributed by atoms with Gasteiger partial charge in [-0.05, 0) is 78.2 Å². The molecule has 1 heterocycles. The van der Waals surface area contributed by atoms with Crippen LogP contribution in [0.15, 0.2) is 109 Å². The molecule has 0 aliphatic heterocycles. The van der Waals surface area contributed by atoms with Crippen molar-refractivity contribution in [2.75, 3.05) is 0 Å². The maximum absolute atomic E-state index is 2.50. The van der Waals surface area contributed by atoms with Crippen LogP contribution in [0.3, 0.4) is 0 Å². The van der Waals surface area contributed by atoms with Gasteiger partial charge in [-0.3, -0.25) is 0 Å². The molecule has 178 valence electrons. The van der Waals surface area contributed by atoms with Gasteiger partial charge >= 0.3 is 0 Å². The molecule has 1 heteroatoms. The van der Waals surface area contributed by atoms with Crippen LogP contribution in [0.4, 0.5) is 0 Å². The van der Waals surface area contributed by atoms with Crippen molar-refractivity contribution in [3.05, 3.63) is 120 Å². The summed E-state index contributed by atoms with van der Waals surface area (Å²) in [6.45, 7) is 4.75. The van der Waals surface area contributed by atoms with Gasteiger partial charge in [0.15, 0.2) is 0 Å². The van der Waals surface area contributed by atoms with E-state index in [0.29, 0.717) is 0 Å². The van der Waals surface area contributed by atoms with Crippen molar-refractivity contribution < 1.29 is 0 Å². The fourth-order valence-electron chi connectivity index (χ4n) is 7.26. The lowest BCUT2D eigenvalue weighted by molar-refractivity contribution is 0.661. The zero-order valence-corrected chi connectivity index (χ0v) is 22.1. The first-order chi connectivity index (χ1) is 18.6. The fourth-order valence-corrected chi connectivity index (χ4v) is 8.40. The quantitative estimate of drug-likeness (QED) is 0.182. The molecule has 0 saturated carbocycles. The second-order valence-corrected chi connectivity index (χ2v) is 12.4. The summed E-state index contributed by atoms with van der Waals surface area (Å²) in [7, 11) is 0. The summed E-state index contributed by atoms with van der Waals surface area (Å²) in [5.41, 5.74) is 5.67. The Labute approximate surface area is 224 Å². The Morgan fingerprint density at radius 3 is 1.97 bits per heavy atom. The first kappa shape index (κ1) is 20.8. The minimum absolute atomic E-state index is 0.0114. The molecule has 9 rings (SSSR count). The molecule has 0 atom stereocenters. The van der Waals surface area contributed by atoms with Crippen LogP contribution in [-0.2, 0) is 5.41 Å². The van der Waals surface area contributed by atoms with Gasteiger partial charge in [0.25, 0.3) is 0 Å². The Morgan fingerprint density at radius 1 is 0.447 bits per heavy atom. The smallest absolute Gasteiger partial charge is 0.0362 e. The largest absolute Gasteiger partial charge is 0.135 e. The molecule has 0 radical (unpaired) electrons. The van der Waals surface area contributed by atoms with Gasteiger partial charge in [-0.15, -0.1) is 11.3 Å². The highest BCUT2D eigenvalue weighted by Crippen LogP contribution is 2.53. The summed E-state index contributed by atoms with van der Waals surface area (Å²) < 4.78 is 2.75. The van der Waals surface area contributed by atoms with E-state index in [1.165, 1.54) is 85.5 Å². The molecule has 0 spiro atoms. The maximum atomic E-state index is 2.50. The van der Waals surface area contributed by atoms with Crippen LogP contribution in [0.1, 0.15) is 25.0 Å². The third-order valence-corrected chi connectivity index (χ3v) is 10.1. The van der Waals surface area contributed by atoms with Gasteiger partial charge < -0.3 is 0 Å². The molecule has 7 aromatic carbocycles. The van der Waals surface area contributed by atoms with Crippen molar-refractivity contribution in [3.8, 4) is 11.1 Å². The molecule has 0 fully saturated rings. The van der Waals surface area contributed by atoms with Crippen LogP contribution in [-0.4, -0.2) is 0 Å². The van der Waals surface area contributed by atoms with E-state index >= 15 is 0 Å². The summed E-state index contributed by atoms with van der Waals surface area (Å²) in [6.07, 6.45) is 0. The monoisotopic (exact) mass is 500 g/mol. The number of thiophene rings is 1. The third kappa shape index (κ3) is 2.46. The van der Waals surface area contributed by atoms with Crippen LogP contribution < -0.4 is 0 Å². The lowest BCUT2D eigenvalue weighted by Crippen LogP contribution is -2.14. The van der Waals surface area contributed by atoms with Crippen molar-refractivity contribution in [2.45, 2.75) is 19.3 Å². The molecular weight excluding hydrogens is 476 g/mol. The van der Waals surface area contributed by atoms with E-state index in [1.807, 2.05) is 11.3 Å². The van der Waals surface area contributed by atoms with E-state index in [-0.39, 0.29) is 5.41 Å². The van der Waals surface area contributed by atoms with E-state index in [9.17, 15) is 0 Å². The maximum Gasteiger partial charge on any atom is 0.0362 e. The molecule has 1 aromatic heterocycles. The molecule has 1 aliphatic rings. The molecule has 0 unspecified atom stereocenters. The van der Waals surface area contributed by atoms with E-state index in [2.05, 4.69) is 123 Å². The Kier molecular flexibility index (Phi) is 3.84. The minimum Gasteiger partial charge on any atom is -0.135 e. The molecule has 8 aromatic rings. The van der Waals surface area contributed by atoms with E-state index in [1.54, 1.807) is 0 Å².